The minimum atomic E-state index is -1.36. The van der Waals surface area contributed by atoms with E-state index in [4.69, 9.17) is 5.11 Å². The van der Waals surface area contributed by atoms with Gasteiger partial charge in [-0.05, 0) is 48.4 Å². The molecule has 0 atom stereocenters. The Morgan fingerprint density at radius 3 is 2.68 bits per heavy atom. The van der Waals surface area contributed by atoms with Gasteiger partial charge in [-0.3, -0.25) is 9.59 Å². The summed E-state index contributed by atoms with van der Waals surface area (Å²) in [6.07, 6.45) is 0.600. The number of aromatic nitrogens is 4. The number of nitrogens with one attached hydrogen (secondary N) is 1. The van der Waals surface area contributed by atoms with Crippen LogP contribution in [-0.4, -0.2) is 37.2 Å². The van der Waals surface area contributed by atoms with Crippen molar-refractivity contribution in [2.75, 3.05) is 5.32 Å². The van der Waals surface area contributed by atoms with Crippen molar-refractivity contribution in [2.45, 2.75) is 19.8 Å². The first-order valence-electron chi connectivity index (χ1n) is 6.54. The summed E-state index contributed by atoms with van der Waals surface area (Å²) in [5, 5.41) is 22.4. The lowest BCUT2D eigenvalue weighted by molar-refractivity contribution is -0.147. The highest BCUT2D eigenvalue weighted by atomic mass is 19.1. The quantitative estimate of drug-likeness (QED) is 0.813. The second kappa shape index (κ2) is 4.86. The molecule has 1 fully saturated rings. The summed E-state index contributed by atoms with van der Waals surface area (Å²) in [6.45, 7) is 1.61. The van der Waals surface area contributed by atoms with Crippen LogP contribution < -0.4 is 5.32 Å². The van der Waals surface area contributed by atoms with E-state index in [9.17, 15) is 14.0 Å². The number of tetrazole rings is 1. The van der Waals surface area contributed by atoms with Crippen molar-refractivity contribution in [1.29, 1.82) is 0 Å². The van der Waals surface area contributed by atoms with Crippen molar-refractivity contribution < 1.29 is 19.1 Å². The number of carbonyl (C=O) groups excluding carboxylic acids is 1. The van der Waals surface area contributed by atoms with Gasteiger partial charge in [-0.15, -0.1) is 5.10 Å². The number of carbonyl (C=O) groups is 2. The number of amides is 1. The molecule has 1 aliphatic rings. The van der Waals surface area contributed by atoms with Crippen LogP contribution in [-0.2, 0) is 9.59 Å². The number of benzene rings is 1. The molecular weight excluding hydrogens is 293 g/mol. The summed E-state index contributed by atoms with van der Waals surface area (Å²) >= 11 is 0. The van der Waals surface area contributed by atoms with Gasteiger partial charge in [0.05, 0.1) is 0 Å². The molecule has 2 N–H and O–H groups in total. The third kappa shape index (κ3) is 2.20. The Balaban J connectivity index is 1.89. The maximum Gasteiger partial charge on any atom is 0.319 e. The van der Waals surface area contributed by atoms with Crippen molar-refractivity contribution in [1.82, 2.24) is 20.2 Å². The number of nitrogens with zero attached hydrogens (tertiary/aromatic N) is 4. The summed E-state index contributed by atoms with van der Waals surface area (Å²) in [5.41, 5.74) is -1.01. The Hall–Kier alpha value is -2.84. The van der Waals surface area contributed by atoms with Crippen LogP contribution in [0.1, 0.15) is 18.7 Å². The first-order chi connectivity index (χ1) is 10.4. The molecule has 1 aromatic heterocycles. The lowest BCUT2D eigenvalue weighted by atomic mass is 10.1. The molecule has 0 spiro atoms. The highest BCUT2D eigenvalue weighted by Gasteiger charge is 2.57. The molecule has 8 nitrogen and oxygen atoms in total. The van der Waals surface area contributed by atoms with E-state index in [1.807, 2.05) is 0 Å². The maximum atomic E-state index is 13.9. The summed E-state index contributed by atoms with van der Waals surface area (Å²) in [5.74, 6) is -1.94. The van der Waals surface area contributed by atoms with Crippen LogP contribution >= 0.6 is 0 Å². The molecule has 1 amide bonds. The monoisotopic (exact) mass is 305 g/mol. The molecule has 2 aromatic rings. The van der Waals surface area contributed by atoms with E-state index >= 15 is 0 Å². The van der Waals surface area contributed by atoms with Crippen molar-refractivity contribution in [2.24, 2.45) is 5.41 Å². The first kappa shape index (κ1) is 14.1. The molecule has 1 aromatic carbocycles. The van der Waals surface area contributed by atoms with E-state index in [0.29, 0.717) is 18.7 Å². The minimum Gasteiger partial charge on any atom is -0.480 e. The lowest BCUT2D eigenvalue weighted by Gasteiger charge is -2.12. The Kier molecular flexibility index (Phi) is 3.12. The lowest BCUT2D eigenvalue weighted by Crippen LogP contribution is -2.31. The highest BCUT2D eigenvalue weighted by molar-refractivity contribution is 6.10. The van der Waals surface area contributed by atoms with Crippen molar-refractivity contribution in [3.05, 3.63) is 29.8 Å². The molecule has 0 bridgehead atoms. The van der Waals surface area contributed by atoms with Gasteiger partial charge in [0.2, 0.25) is 5.91 Å². The van der Waals surface area contributed by atoms with Crippen LogP contribution in [0.5, 0.6) is 0 Å². The summed E-state index contributed by atoms with van der Waals surface area (Å²) < 4.78 is 15.1. The van der Waals surface area contributed by atoms with Crippen LogP contribution in [0.3, 0.4) is 0 Å². The molecule has 0 unspecified atom stereocenters. The number of hydrogen-bond donors (Lipinski definition) is 2. The van der Waals surface area contributed by atoms with Crippen molar-refractivity contribution >= 4 is 17.6 Å². The van der Waals surface area contributed by atoms with Gasteiger partial charge in [-0.2, -0.15) is 4.68 Å². The molecule has 0 saturated heterocycles. The SMILES string of the molecule is Cc1nnnn1-c1cc(NC(=O)C2(C(=O)O)CC2)ccc1F. The van der Waals surface area contributed by atoms with Gasteiger partial charge in [0, 0.05) is 5.69 Å². The van der Waals surface area contributed by atoms with Crippen LogP contribution in [0.4, 0.5) is 10.1 Å². The molecule has 1 heterocycles. The summed E-state index contributed by atoms with van der Waals surface area (Å²) in [7, 11) is 0. The van der Waals surface area contributed by atoms with Crippen LogP contribution in [0.2, 0.25) is 0 Å². The fourth-order valence-electron chi connectivity index (χ4n) is 2.12. The van der Waals surface area contributed by atoms with Crippen molar-refractivity contribution in [3.63, 3.8) is 0 Å². The average Bonchev–Trinajstić information content (AvgIpc) is 3.19. The molecule has 0 radical (unpaired) electrons. The van der Waals surface area contributed by atoms with E-state index in [1.54, 1.807) is 6.92 Å². The zero-order chi connectivity index (χ0) is 15.9. The van der Waals surface area contributed by atoms with Crippen LogP contribution in [0.25, 0.3) is 5.69 Å². The largest absolute Gasteiger partial charge is 0.480 e. The summed E-state index contributed by atoms with van der Waals surface area (Å²) in [6, 6.07) is 3.87. The minimum absolute atomic E-state index is 0.0699. The zero-order valence-electron chi connectivity index (χ0n) is 11.6. The molecule has 0 aliphatic heterocycles. The number of hydrogen-bond acceptors (Lipinski definition) is 5. The predicted octanol–water partition coefficient (Wildman–Crippen LogP) is 0.913. The fraction of sp³-hybridized carbons (Fsp3) is 0.308. The van der Waals surface area contributed by atoms with E-state index < -0.39 is 23.1 Å². The number of halogens is 1. The van der Waals surface area contributed by atoms with Gasteiger partial charge in [0.25, 0.3) is 0 Å². The summed E-state index contributed by atoms with van der Waals surface area (Å²) in [4.78, 5) is 23.2. The standard InChI is InChI=1S/C13H12FN5O3/c1-7-16-17-18-19(7)10-6-8(2-3-9(10)14)15-11(20)13(4-5-13)12(21)22/h2-3,6H,4-5H2,1H3,(H,15,20)(H,21,22). The number of carboxylic acid groups (broad SMARTS) is 1. The van der Waals surface area contributed by atoms with Crippen LogP contribution in [0.15, 0.2) is 18.2 Å². The third-order valence-electron chi connectivity index (χ3n) is 3.65. The number of aryl methyl sites for hydroxylation is 1. The van der Waals surface area contributed by atoms with Crippen LogP contribution in [0, 0.1) is 18.2 Å². The van der Waals surface area contributed by atoms with E-state index in [0.717, 1.165) is 6.07 Å². The number of rotatable bonds is 4. The van der Waals surface area contributed by atoms with Gasteiger partial charge >= 0.3 is 5.97 Å². The normalized spacial score (nSPS) is 15.4. The maximum absolute atomic E-state index is 13.9. The molecule has 114 valence electrons. The Bertz CT molecular complexity index is 769. The number of aliphatic carboxylic acids is 1. The second-order valence-electron chi connectivity index (χ2n) is 5.15. The smallest absolute Gasteiger partial charge is 0.319 e. The number of anilines is 1. The van der Waals surface area contributed by atoms with E-state index in [1.165, 1.54) is 16.8 Å². The third-order valence-corrected chi connectivity index (χ3v) is 3.65. The van der Waals surface area contributed by atoms with E-state index in [-0.39, 0.29) is 11.4 Å². The van der Waals surface area contributed by atoms with Gasteiger partial charge < -0.3 is 10.4 Å². The molecule has 3 rings (SSSR count). The number of carboxylic acids is 1. The first-order valence-corrected chi connectivity index (χ1v) is 6.54. The Morgan fingerprint density at radius 2 is 2.14 bits per heavy atom. The van der Waals surface area contributed by atoms with Gasteiger partial charge in [0.1, 0.15) is 16.9 Å². The van der Waals surface area contributed by atoms with Gasteiger partial charge in [-0.1, -0.05) is 0 Å². The molecule has 22 heavy (non-hydrogen) atoms. The zero-order valence-corrected chi connectivity index (χ0v) is 11.6. The topological polar surface area (TPSA) is 110 Å². The molecule has 1 saturated carbocycles. The fourth-order valence-corrected chi connectivity index (χ4v) is 2.12. The average molecular weight is 305 g/mol. The Labute approximate surface area is 123 Å². The van der Waals surface area contributed by atoms with Gasteiger partial charge in [-0.25, -0.2) is 4.39 Å². The highest BCUT2D eigenvalue weighted by Crippen LogP contribution is 2.46. The molecule has 1 aliphatic carbocycles. The second-order valence-corrected chi connectivity index (χ2v) is 5.15. The van der Waals surface area contributed by atoms with Gasteiger partial charge in [0.15, 0.2) is 5.82 Å². The predicted molar refractivity (Wildman–Crippen MR) is 71.8 cm³/mol. The molecule has 9 heteroatoms. The van der Waals surface area contributed by atoms with Crippen molar-refractivity contribution in [3.8, 4) is 5.69 Å². The molecular formula is C13H12FN5O3. The van der Waals surface area contributed by atoms with E-state index in [2.05, 4.69) is 20.8 Å². The Morgan fingerprint density at radius 1 is 1.41 bits per heavy atom.